The van der Waals surface area contributed by atoms with Crippen molar-refractivity contribution in [1.82, 2.24) is 19.4 Å². The SMILES string of the molecule is C=S1(=O)CCN(CCOc2ccc(C#Cc3cn4cc(NC(=O)Nc5cc(C(C)(C)C)on5)ccc4n3)cc2)CC1. The van der Waals surface area contributed by atoms with Crippen molar-refractivity contribution in [2.24, 2.45) is 0 Å². The third-order valence-electron chi connectivity index (χ3n) is 6.62. The van der Waals surface area contributed by atoms with E-state index in [1.54, 1.807) is 18.3 Å². The molecule has 0 radical (unpaired) electrons. The number of hydrogen-bond acceptors (Lipinski definition) is 7. The first-order chi connectivity index (χ1) is 19.5. The first-order valence-electron chi connectivity index (χ1n) is 13.4. The normalized spacial score (nSPS) is 15.2. The Morgan fingerprint density at radius 2 is 1.85 bits per heavy atom. The Bertz CT molecular complexity index is 1690. The molecule has 214 valence electrons. The average Bonchev–Trinajstić information content (AvgIpc) is 3.56. The molecule has 1 saturated heterocycles. The van der Waals surface area contributed by atoms with Crippen LogP contribution in [0.4, 0.5) is 16.3 Å². The smallest absolute Gasteiger partial charge is 0.324 e. The molecule has 0 spiro atoms. The number of aromatic nitrogens is 3. The fraction of sp³-hybridized carbons (Fsp3) is 0.333. The minimum atomic E-state index is -1.87. The molecule has 1 aromatic carbocycles. The molecule has 5 rings (SSSR count). The van der Waals surface area contributed by atoms with Crippen molar-refractivity contribution in [3.63, 3.8) is 0 Å². The zero-order valence-electron chi connectivity index (χ0n) is 23.5. The van der Waals surface area contributed by atoms with E-state index >= 15 is 0 Å². The van der Waals surface area contributed by atoms with E-state index in [1.165, 1.54) is 0 Å². The molecular weight excluding hydrogens is 540 g/mol. The quantitative estimate of drug-likeness (QED) is 0.264. The van der Waals surface area contributed by atoms with Gasteiger partial charge in [0, 0.05) is 60.6 Å². The van der Waals surface area contributed by atoms with Crippen molar-refractivity contribution in [1.29, 1.82) is 0 Å². The summed E-state index contributed by atoms with van der Waals surface area (Å²) >= 11 is 0. The number of fused-ring (bicyclic) bond motifs is 1. The highest BCUT2D eigenvalue weighted by Crippen LogP contribution is 2.24. The van der Waals surface area contributed by atoms with Crippen LogP contribution in [0.3, 0.4) is 0 Å². The van der Waals surface area contributed by atoms with E-state index in [1.807, 2.05) is 61.7 Å². The number of nitrogens with zero attached hydrogens (tertiary/aromatic N) is 4. The number of urea groups is 1. The fourth-order valence-corrected chi connectivity index (χ4v) is 5.57. The summed E-state index contributed by atoms with van der Waals surface area (Å²) in [6.07, 6.45) is 3.58. The van der Waals surface area contributed by atoms with E-state index in [2.05, 4.69) is 43.4 Å². The Balaban J connectivity index is 1.13. The number of pyridine rings is 1. The molecular formula is C30H34N6O4S. The molecule has 0 bridgehead atoms. The second-order valence-electron chi connectivity index (χ2n) is 11.1. The van der Waals surface area contributed by atoms with Gasteiger partial charge >= 0.3 is 6.03 Å². The number of rotatable bonds is 6. The second-order valence-corrected chi connectivity index (χ2v) is 13.8. The lowest BCUT2D eigenvalue weighted by atomic mass is 9.93. The Labute approximate surface area is 240 Å². The zero-order valence-corrected chi connectivity index (χ0v) is 24.3. The standard InChI is InChI=1S/C30H34N6O4S/c1-30(2,3)26-19-27(34-40-26)33-29(37)32-24-9-12-28-31-23(20-36(28)21-24)8-5-22-6-10-25(11-7-22)39-16-13-35-14-17-41(4,38)18-15-35/h6-7,9-12,19-21H,4,13-18H2,1-3H3,(H2,32,33,34,37). The molecule has 2 amide bonds. The number of imidazole rings is 1. The summed E-state index contributed by atoms with van der Waals surface area (Å²) in [6.45, 7) is 9.00. The predicted octanol–water partition coefficient (Wildman–Crippen LogP) is 4.07. The van der Waals surface area contributed by atoms with Crippen LogP contribution in [0.15, 0.2) is 59.4 Å². The van der Waals surface area contributed by atoms with Crippen LogP contribution < -0.4 is 15.4 Å². The van der Waals surface area contributed by atoms with Crippen molar-refractivity contribution < 1.29 is 18.3 Å². The summed E-state index contributed by atoms with van der Waals surface area (Å²) in [7, 11) is -1.87. The van der Waals surface area contributed by atoms with Crippen LogP contribution in [-0.4, -0.2) is 73.3 Å². The minimum Gasteiger partial charge on any atom is -0.492 e. The number of anilines is 2. The molecule has 4 aromatic rings. The second kappa shape index (κ2) is 11.7. The Morgan fingerprint density at radius 1 is 1.10 bits per heavy atom. The van der Waals surface area contributed by atoms with Gasteiger partial charge in [-0.2, -0.15) is 0 Å². The van der Waals surface area contributed by atoms with Gasteiger partial charge in [-0.05, 0) is 57.7 Å². The van der Waals surface area contributed by atoms with Gasteiger partial charge in [0.2, 0.25) is 0 Å². The number of carbonyl (C=O) groups is 1. The third kappa shape index (κ3) is 7.68. The molecule has 0 aliphatic carbocycles. The van der Waals surface area contributed by atoms with E-state index in [0.717, 1.165) is 30.9 Å². The van der Waals surface area contributed by atoms with Gasteiger partial charge in [0.1, 0.15) is 29.5 Å². The summed E-state index contributed by atoms with van der Waals surface area (Å²) in [5, 5.41) is 9.38. The Morgan fingerprint density at radius 3 is 2.56 bits per heavy atom. The van der Waals surface area contributed by atoms with Gasteiger partial charge < -0.3 is 19.0 Å². The maximum absolute atomic E-state index is 12.4. The maximum Gasteiger partial charge on any atom is 0.324 e. The summed E-state index contributed by atoms with van der Waals surface area (Å²) in [6, 6.07) is 12.5. The molecule has 0 atom stereocenters. The topological polar surface area (TPSA) is 114 Å². The highest BCUT2D eigenvalue weighted by atomic mass is 32.2. The molecule has 41 heavy (non-hydrogen) atoms. The number of carbonyl (C=O) groups excluding carboxylic acids is 1. The van der Waals surface area contributed by atoms with Crippen molar-refractivity contribution in [3.05, 3.63) is 71.9 Å². The number of amides is 2. The summed E-state index contributed by atoms with van der Waals surface area (Å²) < 4.78 is 25.0. The molecule has 0 saturated carbocycles. The van der Waals surface area contributed by atoms with Crippen molar-refractivity contribution >= 4 is 38.6 Å². The van der Waals surface area contributed by atoms with Crippen LogP contribution in [-0.2, 0) is 14.9 Å². The van der Waals surface area contributed by atoms with Crippen LogP contribution in [0.5, 0.6) is 5.75 Å². The van der Waals surface area contributed by atoms with Crippen LogP contribution in [0.1, 0.15) is 37.8 Å². The molecule has 10 nitrogen and oxygen atoms in total. The highest BCUT2D eigenvalue weighted by Gasteiger charge is 2.20. The van der Waals surface area contributed by atoms with Gasteiger partial charge in [0.15, 0.2) is 5.82 Å². The lowest BCUT2D eigenvalue weighted by Gasteiger charge is -2.28. The first kappa shape index (κ1) is 28.3. The van der Waals surface area contributed by atoms with E-state index in [-0.39, 0.29) is 5.41 Å². The average molecular weight is 575 g/mol. The number of nitrogens with one attached hydrogen (secondary N) is 2. The van der Waals surface area contributed by atoms with Gasteiger partial charge in [-0.1, -0.05) is 31.8 Å². The summed E-state index contributed by atoms with van der Waals surface area (Å²) in [5.74, 6) is 13.2. The van der Waals surface area contributed by atoms with Gasteiger partial charge in [0.05, 0.1) is 5.69 Å². The molecule has 1 aliphatic rings. The monoisotopic (exact) mass is 574 g/mol. The van der Waals surface area contributed by atoms with Crippen molar-refractivity contribution in [2.45, 2.75) is 26.2 Å². The first-order valence-corrected chi connectivity index (χ1v) is 15.4. The molecule has 11 heteroatoms. The van der Waals surface area contributed by atoms with Gasteiger partial charge in [0.25, 0.3) is 0 Å². The molecule has 1 aliphatic heterocycles. The Kier molecular flexibility index (Phi) is 8.06. The van der Waals surface area contributed by atoms with E-state index in [9.17, 15) is 9.00 Å². The van der Waals surface area contributed by atoms with Crippen LogP contribution >= 0.6 is 0 Å². The van der Waals surface area contributed by atoms with Crippen molar-refractivity contribution in [2.75, 3.05) is 48.4 Å². The lowest BCUT2D eigenvalue weighted by Crippen LogP contribution is -2.41. The Hall–Kier alpha value is -4.27. The molecule has 4 heterocycles. The highest BCUT2D eigenvalue weighted by molar-refractivity contribution is 8.00. The van der Waals surface area contributed by atoms with Gasteiger partial charge in [-0.25, -0.2) is 9.78 Å². The molecule has 0 unspecified atom stereocenters. The number of hydrogen-bond donors (Lipinski definition) is 2. The van der Waals surface area contributed by atoms with E-state index in [0.29, 0.717) is 46.7 Å². The molecule has 3 aromatic heterocycles. The molecule has 2 N–H and O–H groups in total. The zero-order chi connectivity index (χ0) is 29.0. The fourth-order valence-electron chi connectivity index (χ4n) is 4.18. The lowest BCUT2D eigenvalue weighted by molar-refractivity contribution is 0.221. The van der Waals surface area contributed by atoms with E-state index in [4.69, 9.17) is 9.26 Å². The van der Waals surface area contributed by atoms with Gasteiger partial charge in [-0.3, -0.25) is 14.4 Å². The van der Waals surface area contributed by atoms with Crippen LogP contribution in [0, 0.1) is 11.8 Å². The van der Waals surface area contributed by atoms with E-state index < -0.39 is 15.6 Å². The maximum atomic E-state index is 12.4. The minimum absolute atomic E-state index is 0.204. The van der Waals surface area contributed by atoms with Crippen molar-refractivity contribution in [3.8, 4) is 17.6 Å². The van der Waals surface area contributed by atoms with Crippen LogP contribution in [0.25, 0.3) is 5.65 Å². The van der Waals surface area contributed by atoms with Crippen LogP contribution in [0.2, 0.25) is 0 Å². The summed E-state index contributed by atoms with van der Waals surface area (Å²) in [5.41, 5.74) is 2.55. The largest absolute Gasteiger partial charge is 0.492 e. The molecule has 1 fully saturated rings. The third-order valence-corrected chi connectivity index (χ3v) is 8.48. The summed E-state index contributed by atoms with van der Waals surface area (Å²) in [4.78, 5) is 19.2. The van der Waals surface area contributed by atoms with Gasteiger partial charge in [-0.15, -0.1) is 0 Å². The number of benzene rings is 1. The number of ether oxygens (including phenoxy) is 1. The predicted molar refractivity (Wildman–Crippen MR) is 162 cm³/mol.